The third-order valence-electron chi connectivity index (χ3n) is 4.78. The van der Waals surface area contributed by atoms with E-state index in [4.69, 9.17) is 0 Å². The molecule has 0 aliphatic carbocycles. The van der Waals surface area contributed by atoms with Gasteiger partial charge in [0.05, 0.1) is 0 Å². The Morgan fingerprint density at radius 3 is 1.50 bits per heavy atom. The Morgan fingerprint density at radius 1 is 0.679 bits per heavy atom. The molecule has 4 nitrogen and oxygen atoms in total. The smallest absolute Gasteiger partial charge is 0.160 e. The fourth-order valence-electron chi connectivity index (χ4n) is 3.46. The molecule has 6 heteroatoms. The number of aromatic nitrogens is 2. The quantitative estimate of drug-likeness (QED) is 0.526. The second-order valence-electron chi connectivity index (χ2n) is 6.82. The van der Waals surface area contributed by atoms with Crippen molar-refractivity contribution < 1.29 is 9.13 Å². The molecule has 0 saturated heterocycles. The summed E-state index contributed by atoms with van der Waals surface area (Å²) in [5.41, 5.74) is 1.22. The fourth-order valence-corrected chi connectivity index (χ4v) is 8.83. The lowest BCUT2D eigenvalue weighted by atomic mass is 10.4. The zero-order valence-corrected chi connectivity index (χ0v) is 18.2. The van der Waals surface area contributed by atoms with Gasteiger partial charge in [-0.3, -0.25) is 9.97 Å². The zero-order chi connectivity index (χ0) is 20.0. The van der Waals surface area contributed by atoms with E-state index in [-0.39, 0.29) is 0 Å². The van der Waals surface area contributed by atoms with Crippen molar-refractivity contribution >= 4 is 35.8 Å². The van der Waals surface area contributed by atoms with Crippen molar-refractivity contribution in [1.29, 1.82) is 0 Å². The van der Waals surface area contributed by atoms with E-state index in [9.17, 15) is 9.13 Å². The van der Waals surface area contributed by atoms with Gasteiger partial charge in [-0.05, 0) is 43.2 Å². The van der Waals surface area contributed by atoms with Crippen LogP contribution in [-0.2, 0) is 9.13 Å². The monoisotopic (exact) mass is 412 g/mol. The Bertz CT molecular complexity index is 929. The van der Waals surface area contributed by atoms with E-state index >= 15 is 0 Å². The third-order valence-corrected chi connectivity index (χ3v) is 11.2. The molecule has 28 heavy (non-hydrogen) atoms. The lowest BCUT2D eigenvalue weighted by Crippen LogP contribution is -2.26. The topological polar surface area (TPSA) is 59.9 Å². The molecule has 0 N–H and O–H groups in total. The molecule has 0 aliphatic rings. The molecule has 0 amide bonds. The molecule has 1 aromatic carbocycles. The number of hydrogen-bond donors (Lipinski definition) is 0. The maximum Gasteiger partial charge on any atom is 0.160 e. The number of benzene rings is 1. The Hall–Kier alpha value is -2.02. The van der Waals surface area contributed by atoms with Gasteiger partial charge in [-0.15, -0.1) is 0 Å². The Balaban J connectivity index is 2.15. The van der Waals surface area contributed by atoms with E-state index in [2.05, 4.69) is 9.97 Å². The van der Waals surface area contributed by atoms with E-state index < -0.39 is 14.3 Å². The Kier molecular flexibility index (Phi) is 6.65. The first-order valence-corrected chi connectivity index (χ1v) is 13.5. The largest absolute Gasteiger partial charge is 0.312 e. The lowest BCUT2D eigenvalue weighted by Gasteiger charge is -2.21. The highest BCUT2D eigenvalue weighted by Gasteiger charge is 2.32. The van der Waals surface area contributed by atoms with E-state index in [1.165, 1.54) is 0 Å². The highest BCUT2D eigenvalue weighted by atomic mass is 31.2. The van der Waals surface area contributed by atoms with Crippen LogP contribution in [0.4, 0.5) is 0 Å². The summed E-state index contributed by atoms with van der Waals surface area (Å²) in [7, 11) is -5.77. The Labute approximate surface area is 167 Å². The van der Waals surface area contributed by atoms with Crippen LogP contribution in [0.3, 0.4) is 0 Å². The minimum absolute atomic E-state index is 0.537. The van der Waals surface area contributed by atoms with Crippen LogP contribution in [0.2, 0.25) is 0 Å². The van der Waals surface area contributed by atoms with E-state index in [0.717, 1.165) is 23.5 Å². The maximum atomic E-state index is 14.0. The first-order chi connectivity index (χ1) is 13.5. The molecular formula is C22H26N2O2P2. The molecule has 2 aromatic heterocycles. The zero-order valence-electron chi connectivity index (χ0n) is 16.4. The minimum atomic E-state index is -2.88. The fraction of sp³-hybridized carbons (Fsp3) is 0.273. The number of hydrogen-bond acceptors (Lipinski definition) is 4. The van der Waals surface area contributed by atoms with Crippen LogP contribution in [0.1, 0.15) is 26.7 Å². The highest BCUT2D eigenvalue weighted by Crippen LogP contribution is 2.46. The van der Waals surface area contributed by atoms with Crippen LogP contribution in [0.5, 0.6) is 0 Å². The van der Waals surface area contributed by atoms with Crippen molar-refractivity contribution in [2.24, 2.45) is 0 Å². The van der Waals surface area contributed by atoms with E-state index in [1.807, 2.05) is 74.5 Å². The summed E-state index contributed by atoms with van der Waals surface area (Å²) in [6, 6.07) is 18.5. The summed E-state index contributed by atoms with van der Waals surface area (Å²) in [6.45, 7) is 4.05. The van der Waals surface area contributed by atoms with Crippen LogP contribution in [0, 0.1) is 0 Å². The van der Waals surface area contributed by atoms with Gasteiger partial charge in [0, 0.05) is 35.3 Å². The van der Waals surface area contributed by atoms with Gasteiger partial charge < -0.3 is 9.13 Å². The molecule has 2 heterocycles. The van der Waals surface area contributed by atoms with Crippen LogP contribution >= 0.6 is 14.3 Å². The summed E-state index contributed by atoms with van der Waals surface area (Å²) in [4.78, 5) is 8.78. The summed E-state index contributed by atoms with van der Waals surface area (Å²) < 4.78 is 28.0. The number of nitrogens with zero attached hydrogens (tertiary/aromatic N) is 2. The van der Waals surface area contributed by atoms with Gasteiger partial charge >= 0.3 is 0 Å². The highest BCUT2D eigenvalue weighted by molar-refractivity contribution is 7.79. The molecule has 0 aliphatic heterocycles. The van der Waals surface area contributed by atoms with Crippen molar-refractivity contribution in [2.75, 3.05) is 12.3 Å². The van der Waals surface area contributed by atoms with E-state index in [1.54, 1.807) is 12.4 Å². The Morgan fingerprint density at radius 2 is 1.14 bits per heavy atom. The molecule has 3 rings (SSSR count). The molecule has 2 unspecified atom stereocenters. The van der Waals surface area contributed by atoms with Crippen molar-refractivity contribution in [3.8, 4) is 0 Å². The van der Waals surface area contributed by atoms with Crippen molar-refractivity contribution in [3.05, 3.63) is 73.1 Å². The van der Waals surface area contributed by atoms with Gasteiger partial charge in [-0.1, -0.05) is 44.2 Å². The maximum absolute atomic E-state index is 14.0. The van der Waals surface area contributed by atoms with Gasteiger partial charge in [0.25, 0.3) is 0 Å². The summed E-state index contributed by atoms with van der Waals surface area (Å²) in [5, 5.41) is 1.44. The third kappa shape index (κ3) is 4.04. The van der Waals surface area contributed by atoms with Gasteiger partial charge in [-0.25, -0.2) is 0 Å². The molecule has 0 fully saturated rings. The average molecular weight is 412 g/mol. The molecule has 0 bridgehead atoms. The van der Waals surface area contributed by atoms with Crippen LogP contribution in [0.15, 0.2) is 73.1 Å². The summed E-state index contributed by atoms with van der Waals surface area (Å²) in [6.07, 6.45) is 5.99. The summed E-state index contributed by atoms with van der Waals surface area (Å²) in [5.74, 6) is 0. The molecular weight excluding hydrogens is 386 g/mol. The molecule has 3 aromatic rings. The second kappa shape index (κ2) is 8.99. The number of pyridine rings is 2. The van der Waals surface area contributed by atoms with Crippen LogP contribution in [-0.4, -0.2) is 22.3 Å². The second-order valence-corrected chi connectivity index (χ2v) is 12.6. The van der Waals surface area contributed by atoms with Gasteiger partial charge in [0.15, 0.2) is 14.3 Å². The van der Waals surface area contributed by atoms with E-state index in [0.29, 0.717) is 23.2 Å². The van der Waals surface area contributed by atoms with Crippen molar-refractivity contribution in [2.45, 2.75) is 26.7 Å². The molecule has 146 valence electrons. The van der Waals surface area contributed by atoms with Gasteiger partial charge in [0.1, 0.15) is 10.9 Å². The van der Waals surface area contributed by atoms with Crippen LogP contribution < -0.4 is 21.5 Å². The van der Waals surface area contributed by atoms with Gasteiger partial charge in [-0.2, -0.15) is 0 Å². The molecule has 0 radical (unpaired) electrons. The number of rotatable bonds is 8. The summed E-state index contributed by atoms with van der Waals surface area (Å²) >= 11 is 0. The normalized spacial score (nSPS) is 15.5. The van der Waals surface area contributed by atoms with Crippen LogP contribution in [0.25, 0.3) is 0 Å². The predicted molar refractivity (Wildman–Crippen MR) is 119 cm³/mol. The molecule has 2 atom stereocenters. The molecule has 0 saturated carbocycles. The van der Waals surface area contributed by atoms with Crippen molar-refractivity contribution in [3.63, 3.8) is 0 Å². The predicted octanol–water partition coefficient (Wildman–Crippen LogP) is 3.92. The lowest BCUT2D eigenvalue weighted by molar-refractivity contribution is 0.585. The molecule has 0 spiro atoms. The standard InChI is InChI=1S/C22H26N2O2P2/c1-3-16-27(25,21-12-5-7-14-23-21)19-10-9-11-20(18-19)28(26,17-4-2)22-13-6-8-15-24-22/h5-15,18H,3-4,16-17H2,1-2H3. The first kappa shape index (κ1) is 20.7. The first-order valence-electron chi connectivity index (χ1n) is 9.67. The SMILES string of the molecule is CCCP(=O)(c1cccc(P(=O)(CCC)c2ccccn2)c1)c1ccccn1. The average Bonchev–Trinajstić information content (AvgIpc) is 2.75. The minimum Gasteiger partial charge on any atom is -0.312 e. The van der Waals surface area contributed by atoms with Crippen molar-refractivity contribution in [1.82, 2.24) is 9.97 Å². The van der Waals surface area contributed by atoms with Gasteiger partial charge in [0.2, 0.25) is 0 Å².